The maximum Gasteiger partial charge on any atom is 0.231 e. The topological polar surface area (TPSA) is 47.1 Å². The van der Waals surface area contributed by atoms with Crippen molar-refractivity contribution < 1.29 is 9.47 Å². The standard InChI is InChI=1S/C11H8N2O2S/c16-11-4-2-8(12-13-11)7-1-3-9-10(5-7)15-6-14-9/h1-5H,6H2,(H,13,16). The predicted octanol–water partition coefficient (Wildman–Crippen LogP) is 2.53. The van der Waals surface area contributed by atoms with E-state index in [0.29, 0.717) is 4.64 Å². The minimum atomic E-state index is 0.281. The normalized spacial score (nSPS) is 12.8. The molecule has 16 heavy (non-hydrogen) atoms. The van der Waals surface area contributed by atoms with E-state index in [0.717, 1.165) is 22.8 Å². The Morgan fingerprint density at radius 1 is 1.12 bits per heavy atom. The summed E-state index contributed by atoms with van der Waals surface area (Å²) in [7, 11) is 0. The molecule has 0 radical (unpaired) electrons. The number of hydrogen-bond donors (Lipinski definition) is 1. The summed E-state index contributed by atoms with van der Waals surface area (Å²) in [5.41, 5.74) is 1.79. The molecular weight excluding hydrogens is 224 g/mol. The number of fused-ring (bicyclic) bond motifs is 1. The molecule has 0 aliphatic carbocycles. The zero-order chi connectivity index (χ0) is 11.0. The van der Waals surface area contributed by atoms with Crippen LogP contribution >= 0.6 is 12.2 Å². The molecule has 80 valence electrons. The van der Waals surface area contributed by atoms with E-state index in [4.69, 9.17) is 21.7 Å². The molecule has 0 bridgehead atoms. The summed E-state index contributed by atoms with van der Waals surface area (Å²) in [5.74, 6) is 1.52. The third kappa shape index (κ3) is 1.55. The molecule has 1 aliphatic heterocycles. The summed E-state index contributed by atoms with van der Waals surface area (Å²) in [6, 6.07) is 9.40. The minimum absolute atomic E-state index is 0.281. The maximum absolute atomic E-state index is 5.30. The van der Waals surface area contributed by atoms with Gasteiger partial charge in [0.15, 0.2) is 11.5 Å². The van der Waals surface area contributed by atoms with Gasteiger partial charge < -0.3 is 9.47 Å². The van der Waals surface area contributed by atoms with E-state index in [1.54, 1.807) is 0 Å². The van der Waals surface area contributed by atoms with Crippen LogP contribution in [0.25, 0.3) is 11.3 Å². The van der Waals surface area contributed by atoms with E-state index in [1.807, 2.05) is 30.3 Å². The molecule has 0 spiro atoms. The van der Waals surface area contributed by atoms with Crippen LogP contribution in [0.2, 0.25) is 0 Å². The summed E-state index contributed by atoms with van der Waals surface area (Å²) < 4.78 is 11.2. The average molecular weight is 232 g/mol. The van der Waals surface area contributed by atoms with Crippen LogP contribution in [-0.4, -0.2) is 17.0 Å². The van der Waals surface area contributed by atoms with Crippen molar-refractivity contribution in [1.29, 1.82) is 0 Å². The van der Waals surface area contributed by atoms with Gasteiger partial charge in [0.2, 0.25) is 6.79 Å². The van der Waals surface area contributed by atoms with E-state index in [-0.39, 0.29) is 6.79 Å². The van der Waals surface area contributed by atoms with Crippen molar-refractivity contribution in [1.82, 2.24) is 10.2 Å². The lowest BCUT2D eigenvalue weighted by Crippen LogP contribution is -1.92. The third-order valence-corrected chi connectivity index (χ3v) is 2.57. The van der Waals surface area contributed by atoms with E-state index in [2.05, 4.69) is 10.2 Å². The van der Waals surface area contributed by atoms with Gasteiger partial charge in [-0.3, -0.25) is 5.10 Å². The van der Waals surface area contributed by atoms with Crippen LogP contribution in [0.1, 0.15) is 0 Å². The van der Waals surface area contributed by atoms with Crippen LogP contribution in [0, 0.1) is 4.64 Å². The van der Waals surface area contributed by atoms with Gasteiger partial charge in [0.25, 0.3) is 0 Å². The largest absolute Gasteiger partial charge is 0.454 e. The molecule has 0 atom stereocenters. The van der Waals surface area contributed by atoms with E-state index >= 15 is 0 Å². The smallest absolute Gasteiger partial charge is 0.231 e. The molecule has 0 unspecified atom stereocenters. The van der Waals surface area contributed by atoms with E-state index < -0.39 is 0 Å². The van der Waals surface area contributed by atoms with E-state index in [9.17, 15) is 0 Å². The number of nitrogens with one attached hydrogen (secondary N) is 1. The number of aromatic nitrogens is 2. The zero-order valence-corrected chi connectivity index (χ0v) is 9.08. The Morgan fingerprint density at radius 3 is 2.81 bits per heavy atom. The molecule has 0 fully saturated rings. The van der Waals surface area contributed by atoms with Crippen LogP contribution in [0.3, 0.4) is 0 Å². The van der Waals surface area contributed by atoms with Gasteiger partial charge in [-0.15, -0.1) is 0 Å². The van der Waals surface area contributed by atoms with E-state index in [1.165, 1.54) is 0 Å². The maximum atomic E-state index is 5.30. The second-order valence-electron chi connectivity index (χ2n) is 3.37. The molecule has 0 saturated heterocycles. The quantitative estimate of drug-likeness (QED) is 0.767. The zero-order valence-electron chi connectivity index (χ0n) is 8.27. The Labute approximate surface area is 96.8 Å². The summed E-state index contributed by atoms with van der Waals surface area (Å²) in [4.78, 5) is 0. The molecule has 1 aromatic carbocycles. The number of aromatic amines is 1. The fraction of sp³-hybridized carbons (Fsp3) is 0.0909. The van der Waals surface area contributed by atoms with Crippen molar-refractivity contribution in [2.75, 3.05) is 6.79 Å². The third-order valence-electron chi connectivity index (χ3n) is 2.35. The highest BCUT2D eigenvalue weighted by Crippen LogP contribution is 2.35. The average Bonchev–Trinajstić information content (AvgIpc) is 2.77. The Morgan fingerprint density at radius 2 is 2.00 bits per heavy atom. The Kier molecular flexibility index (Phi) is 2.11. The lowest BCUT2D eigenvalue weighted by molar-refractivity contribution is 0.174. The molecule has 0 saturated carbocycles. The highest BCUT2D eigenvalue weighted by atomic mass is 32.1. The molecule has 2 aromatic rings. The summed E-state index contributed by atoms with van der Waals surface area (Å²) in [6.45, 7) is 0.281. The lowest BCUT2D eigenvalue weighted by Gasteiger charge is -2.01. The van der Waals surface area contributed by atoms with Crippen molar-refractivity contribution in [3.63, 3.8) is 0 Å². The van der Waals surface area contributed by atoms with Crippen molar-refractivity contribution in [3.05, 3.63) is 35.0 Å². The van der Waals surface area contributed by atoms with Crippen molar-refractivity contribution in [2.45, 2.75) is 0 Å². The first kappa shape index (κ1) is 9.35. The molecule has 3 rings (SSSR count). The highest BCUT2D eigenvalue weighted by molar-refractivity contribution is 7.71. The van der Waals surface area contributed by atoms with Gasteiger partial charge in [0.1, 0.15) is 4.64 Å². The Hall–Kier alpha value is -1.88. The number of hydrogen-bond acceptors (Lipinski definition) is 4. The van der Waals surface area contributed by atoms with Gasteiger partial charge in [-0.05, 0) is 30.3 Å². The molecule has 1 aliphatic rings. The number of rotatable bonds is 1. The fourth-order valence-electron chi connectivity index (χ4n) is 1.56. The van der Waals surface area contributed by atoms with Crippen molar-refractivity contribution >= 4 is 12.2 Å². The molecule has 5 heteroatoms. The van der Waals surface area contributed by atoms with Gasteiger partial charge in [-0.25, -0.2) is 0 Å². The van der Waals surface area contributed by atoms with Gasteiger partial charge in [0.05, 0.1) is 5.69 Å². The SMILES string of the molecule is S=c1ccc(-c2ccc3c(c2)OCO3)n[nH]1. The monoisotopic (exact) mass is 232 g/mol. The molecule has 1 aromatic heterocycles. The second-order valence-corrected chi connectivity index (χ2v) is 3.81. The lowest BCUT2D eigenvalue weighted by atomic mass is 10.1. The van der Waals surface area contributed by atoms with Crippen LogP contribution in [0.5, 0.6) is 11.5 Å². The first-order valence-corrected chi connectivity index (χ1v) is 5.19. The molecule has 2 heterocycles. The number of benzene rings is 1. The van der Waals surface area contributed by atoms with Gasteiger partial charge in [-0.1, -0.05) is 12.2 Å². The number of ether oxygens (including phenoxy) is 2. The molecule has 4 nitrogen and oxygen atoms in total. The first-order valence-electron chi connectivity index (χ1n) is 4.79. The van der Waals surface area contributed by atoms with Gasteiger partial charge >= 0.3 is 0 Å². The van der Waals surface area contributed by atoms with Crippen LogP contribution in [0.4, 0.5) is 0 Å². The second kappa shape index (κ2) is 3.61. The summed E-state index contributed by atoms with van der Waals surface area (Å²) in [6.07, 6.45) is 0. The Bertz CT molecular complexity index is 574. The molecule has 0 amide bonds. The van der Waals surface area contributed by atoms with Crippen LogP contribution < -0.4 is 9.47 Å². The summed E-state index contributed by atoms with van der Waals surface area (Å²) in [5, 5.41) is 6.91. The van der Waals surface area contributed by atoms with Gasteiger partial charge in [0, 0.05) is 5.56 Å². The van der Waals surface area contributed by atoms with Crippen LogP contribution in [0.15, 0.2) is 30.3 Å². The van der Waals surface area contributed by atoms with Crippen molar-refractivity contribution in [3.8, 4) is 22.8 Å². The molecule has 1 N–H and O–H groups in total. The number of H-pyrrole nitrogens is 1. The molecular formula is C11H8N2O2S. The highest BCUT2D eigenvalue weighted by Gasteiger charge is 2.13. The predicted molar refractivity (Wildman–Crippen MR) is 61.0 cm³/mol. The Balaban J connectivity index is 2.07. The van der Waals surface area contributed by atoms with Crippen molar-refractivity contribution in [2.24, 2.45) is 0 Å². The number of nitrogens with zero attached hydrogens (tertiary/aromatic N) is 1. The summed E-state index contributed by atoms with van der Waals surface area (Å²) >= 11 is 4.94. The minimum Gasteiger partial charge on any atom is -0.454 e. The fourth-order valence-corrected chi connectivity index (χ4v) is 1.67. The first-order chi connectivity index (χ1) is 7.83. The van der Waals surface area contributed by atoms with Crippen LogP contribution in [-0.2, 0) is 0 Å². The van der Waals surface area contributed by atoms with Gasteiger partial charge in [-0.2, -0.15) is 5.10 Å².